The number of esters is 1. The summed E-state index contributed by atoms with van der Waals surface area (Å²) in [5.74, 6) is -0.510. The molecule has 1 heterocycles. The summed E-state index contributed by atoms with van der Waals surface area (Å²) >= 11 is 3.34. The van der Waals surface area contributed by atoms with E-state index in [2.05, 4.69) is 21.2 Å². The molecule has 1 N–H and O–H groups in total. The number of piperazine rings is 1. The van der Waals surface area contributed by atoms with Crippen molar-refractivity contribution in [2.24, 2.45) is 0 Å². The van der Waals surface area contributed by atoms with Crippen LogP contribution >= 0.6 is 15.9 Å². The van der Waals surface area contributed by atoms with Gasteiger partial charge in [-0.1, -0.05) is 15.9 Å². The Bertz CT molecular complexity index is 484. The van der Waals surface area contributed by atoms with Gasteiger partial charge in [-0.15, -0.1) is 0 Å². The van der Waals surface area contributed by atoms with Gasteiger partial charge in [-0.25, -0.2) is 4.39 Å². The molecule has 0 aliphatic carbocycles. The first-order valence-corrected chi connectivity index (χ1v) is 7.46. The van der Waals surface area contributed by atoms with Crippen molar-refractivity contribution in [2.75, 3.05) is 26.2 Å². The highest BCUT2D eigenvalue weighted by molar-refractivity contribution is 9.10. The molecule has 1 unspecified atom stereocenters. The van der Waals surface area contributed by atoms with Crippen molar-refractivity contribution in [2.45, 2.75) is 19.5 Å². The van der Waals surface area contributed by atoms with Gasteiger partial charge in [0.05, 0.1) is 6.61 Å². The Hall–Kier alpha value is -0.980. The van der Waals surface area contributed by atoms with Gasteiger partial charge in [0.2, 0.25) is 0 Å². The standard InChI is InChI=1S/C14H18BrFN2O2/c1-2-20-14(19)13-8-17-5-6-18(13)9-10-7-11(15)3-4-12(10)16/h3-4,7,13,17H,2,5-6,8-9H2,1H3. The number of rotatable bonds is 4. The van der Waals surface area contributed by atoms with Crippen molar-refractivity contribution in [1.82, 2.24) is 10.2 Å². The molecule has 0 bridgehead atoms. The second kappa shape index (κ2) is 7.15. The van der Waals surface area contributed by atoms with Gasteiger partial charge in [-0.05, 0) is 25.1 Å². The van der Waals surface area contributed by atoms with Gasteiger partial charge in [0.25, 0.3) is 0 Å². The minimum Gasteiger partial charge on any atom is -0.465 e. The summed E-state index contributed by atoms with van der Waals surface area (Å²) in [6.07, 6.45) is 0. The maximum absolute atomic E-state index is 13.8. The van der Waals surface area contributed by atoms with Gasteiger partial charge >= 0.3 is 5.97 Å². The van der Waals surface area contributed by atoms with E-state index in [1.807, 2.05) is 4.90 Å². The fourth-order valence-corrected chi connectivity index (χ4v) is 2.70. The van der Waals surface area contributed by atoms with Gasteiger partial charge in [-0.3, -0.25) is 9.69 Å². The smallest absolute Gasteiger partial charge is 0.324 e. The highest BCUT2D eigenvalue weighted by Gasteiger charge is 2.30. The van der Waals surface area contributed by atoms with E-state index >= 15 is 0 Å². The second-order valence-corrected chi connectivity index (χ2v) is 5.59. The molecule has 1 aromatic carbocycles. The first-order valence-electron chi connectivity index (χ1n) is 6.67. The lowest BCUT2D eigenvalue weighted by Gasteiger charge is -2.34. The minimum absolute atomic E-state index is 0.255. The zero-order valence-corrected chi connectivity index (χ0v) is 13.0. The molecule has 1 fully saturated rings. The molecule has 4 nitrogen and oxygen atoms in total. The van der Waals surface area contributed by atoms with Crippen molar-refractivity contribution in [3.05, 3.63) is 34.1 Å². The number of hydrogen-bond donors (Lipinski definition) is 1. The van der Waals surface area contributed by atoms with Gasteiger partial charge < -0.3 is 10.1 Å². The van der Waals surface area contributed by atoms with E-state index in [1.165, 1.54) is 6.07 Å². The van der Waals surface area contributed by atoms with E-state index in [-0.39, 0.29) is 17.8 Å². The number of benzene rings is 1. The van der Waals surface area contributed by atoms with E-state index in [4.69, 9.17) is 4.74 Å². The third kappa shape index (κ3) is 3.77. The Balaban J connectivity index is 2.12. The zero-order valence-electron chi connectivity index (χ0n) is 11.4. The number of ether oxygens (including phenoxy) is 1. The van der Waals surface area contributed by atoms with Crippen LogP contribution < -0.4 is 5.32 Å². The predicted molar refractivity (Wildman–Crippen MR) is 77.8 cm³/mol. The Morgan fingerprint density at radius 3 is 3.15 bits per heavy atom. The quantitative estimate of drug-likeness (QED) is 0.847. The summed E-state index contributed by atoms with van der Waals surface area (Å²) in [5.41, 5.74) is 0.579. The number of hydrogen-bond acceptors (Lipinski definition) is 4. The molecular weight excluding hydrogens is 327 g/mol. The van der Waals surface area contributed by atoms with Crippen molar-refractivity contribution < 1.29 is 13.9 Å². The minimum atomic E-state index is -0.359. The van der Waals surface area contributed by atoms with E-state index in [0.717, 1.165) is 11.0 Å². The van der Waals surface area contributed by atoms with Crippen molar-refractivity contribution in [3.8, 4) is 0 Å². The van der Waals surface area contributed by atoms with Crippen LogP contribution in [0.1, 0.15) is 12.5 Å². The van der Waals surface area contributed by atoms with E-state index in [1.54, 1.807) is 19.1 Å². The average Bonchev–Trinajstić information content (AvgIpc) is 2.44. The van der Waals surface area contributed by atoms with Crippen LogP contribution in [0.5, 0.6) is 0 Å². The molecule has 1 aromatic rings. The van der Waals surface area contributed by atoms with Crippen molar-refractivity contribution in [1.29, 1.82) is 0 Å². The maximum atomic E-state index is 13.8. The first kappa shape index (κ1) is 15.4. The zero-order chi connectivity index (χ0) is 14.5. The monoisotopic (exact) mass is 344 g/mol. The molecule has 0 radical (unpaired) electrons. The summed E-state index contributed by atoms with van der Waals surface area (Å²) < 4.78 is 19.7. The van der Waals surface area contributed by atoms with Gasteiger partial charge in [0, 0.05) is 36.2 Å². The third-order valence-corrected chi connectivity index (χ3v) is 3.79. The van der Waals surface area contributed by atoms with Crippen LogP contribution in [0.3, 0.4) is 0 Å². The molecule has 1 aliphatic heterocycles. The molecule has 110 valence electrons. The van der Waals surface area contributed by atoms with Gasteiger partial charge in [0.1, 0.15) is 11.9 Å². The van der Waals surface area contributed by atoms with Gasteiger partial charge in [0.15, 0.2) is 0 Å². The van der Waals surface area contributed by atoms with Gasteiger partial charge in [-0.2, -0.15) is 0 Å². The SMILES string of the molecule is CCOC(=O)C1CNCCN1Cc1cc(Br)ccc1F. The molecule has 0 amide bonds. The normalized spacial score (nSPS) is 19.9. The van der Waals surface area contributed by atoms with Crippen LogP contribution in [0, 0.1) is 5.82 Å². The molecule has 0 aromatic heterocycles. The van der Waals surface area contributed by atoms with Crippen LogP contribution in [0.2, 0.25) is 0 Å². The third-order valence-electron chi connectivity index (χ3n) is 3.29. The lowest BCUT2D eigenvalue weighted by molar-refractivity contribution is -0.150. The Morgan fingerprint density at radius 1 is 1.60 bits per heavy atom. The summed E-state index contributed by atoms with van der Waals surface area (Å²) in [4.78, 5) is 13.9. The predicted octanol–water partition coefficient (Wildman–Crippen LogP) is 1.93. The number of nitrogens with zero attached hydrogens (tertiary/aromatic N) is 1. The van der Waals surface area contributed by atoms with Crippen molar-refractivity contribution >= 4 is 21.9 Å². The summed E-state index contributed by atoms with van der Waals surface area (Å²) in [6.45, 7) is 4.55. The van der Waals surface area contributed by atoms with Crippen LogP contribution in [0.25, 0.3) is 0 Å². The number of carbonyl (C=O) groups is 1. The van der Waals surface area contributed by atoms with Crippen LogP contribution in [0.4, 0.5) is 4.39 Å². The lowest BCUT2D eigenvalue weighted by atomic mass is 10.1. The molecule has 0 saturated carbocycles. The molecule has 0 spiro atoms. The molecule has 1 saturated heterocycles. The fourth-order valence-electron chi connectivity index (χ4n) is 2.29. The summed E-state index contributed by atoms with van der Waals surface area (Å²) in [5, 5.41) is 3.17. The molecule has 20 heavy (non-hydrogen) atoms. The molecule has 1 aliphatic rings. The summed E-state index contributed by atoms with van der Waals surface area (Å²) in [6, 6.07) is 4.49. The molecule has 1 atom stereocenters. The number of halogens is 2. The lowest BCUT2D eigenvalue weighted by Crippen LogP contribution is -2.54. The highest BCUT2D eigenvalue weighted by Crippen LogP contribution is 2.19. The molecular formula is C14H18BrFN2O2. The largest absolute Gasteiger partial charge is 0.465 e. The highest BCUT2D eigenvalue weighted by atomic mass is 79.9. The molecule has 6 heteroatoms. The Kier molecular flexibility index (Phi) is 5.51. The number of nitrogens with one attached hydrogen (secondary N) is 1. The molecule has 2 rings (SSSR count). The van der Waals surface area contributed by atoms with E-state index in [0.29, 0.717) is 31.8 Å². The topological polar surface area (TPSA) is 41.6 Å². The van der Waals surface area contributed by atoms with Crippen molar-refractivity contribution in [3.63, 3.8) is 0 Å². The second-order valence-electron chi connectivity index (χ2n) is 4.68. The Labute approximate surface area is 126 Å². The Morgan fingerprint density at radius 2 is 2.40 bits per heavy atom. The van der Waals surface area contributed by atoms with E-state index < -0.39 is 0 Å². The van der Waals surface area contributed by atoms with E-state index in [9.17, 15) is 9.18 Å². The first-order chi connectivity index (χ1) is 9.61. The summed E-state index contributed by atoms with van der Waals surface area (Å²) in [7, 11) is 0. The fraction of sp³-hybridized carbons (Fsp3) is 0.500. The van der Waals surface area contributed by atoms with Crippen LogP contribution in [-0.4, -0.2) is 43.2 Å². The van der Waals surface area contributed by atoms with Crippen LogP contribution in [0.15, 0.2) is 22.7 Å². The van der Waals surface area contributed by atoms with Crippen LogP contribution in [-0.2, 0) is 16.1 Å². The number of carbonyl (C=O) groups excluding carboxylic acids is 1. The average molecular weight is 345 g/mol. The maximum Gasteiger partial charge on any atom is 0.324 e.